The maximum Gasteiger partial charge on any atom is 0.136 e. The molecule has 0 atom stereocenters. The summed E-state index contributed by atoms with van der Waals surface area (Å²) in [5, 5.41) is 6.77. The molecule has 0 aliphatic heterocycles. The Kier molecular flexibility index (Phi) is 5.96. The first-order valence-corrected chi connectivity index (χ1v) is 8.52. The van der Waals surface area contributed by atoms with Crippen molar-refractivity contribution in [3.05, 3.63) is 53.9 Å². The van der Waals surface area contributed by atoms with E-state index in [4.69, 9.17) is 0 Å². The van der Waals surface area contributed by atoms with E-state index in [2.05, 4.69) is 73.1 Å². The van der Waals surface area contributed by atoms with Gasteiger partial charge in [-0.3, -0.25) is 0 Å². The number of anilines is 3. The standard InChI is InChI=1S/C20H28N4/c1-7-11-21-18-12-19(23-15(6)22-18)24-20-16(13(2)3)9-8-10-17(20)14(4)5/h7-10,12-14H,1,11H2,2-6H3,(H2,21,22,23,24). The molecule has 24 heavy (non-hydrogen) atoms. The molecular weight excluding hydrogens is 296 g/mol. The van der Waals surface area contributed by atoms with Crippen molar-refractivity contribution in [3.63, 3.8) is 0 Å². The van der Waals surface area contributed by atoms with E-state index < -0.39 is 0 Å². The molecular formula is C20H28N4. The normalized spacial score (nSPS) is 11.0. The summed E-state index contributed by atoms with van der Waals surface area (Å²) in [5.74, 6) is 3.22. The van der Waals surface area contributed by atoms with E-state index in [-0.39, 0.29) is 0 Å². The minimum Gasteiger partial charge on any atom is -0.366 e. The number of hydrogen-bond acceptors (Lipinski definition) is 4. The lowest BCUT2D eigenvalue weighted by atomic mass is 9.92. The molecule has 1 aromatic carbocycles. The van der Waals surface area contributed by atoms with Crippen molar-refractivity contribution < 1.29 is 0 Å². The van der Waals surface area contributed by atoms with Crippen LogP contribution in [0.2, 0.25) is 0 Å². The van der Waals surface area contributed by atoms with Gasteiger partial charge in [0.2, 0.25) is 0 Å². The summed E-state index contributed by atoms with van der Waals surface area (Å²) in [7, 11) is 0. The van der Waals surface area contributed by atoms with Crippen molar-refractivity contribution in [1.82, 2.24) is 9.97 Å². The van der Waals surface area contributed by atoms with Crippen molar-refractivity contribution in [2.24, 2.45) is 0 Å². The lowest BCUT2D eigenvalue weighted by Crippen LogP contribution is -2.07. The summed E-state index contributed by atoms with van der Waals surface area (Å²) in [5.41, 5.74) is 3.77. The summed E-state index contributed by atoms with van der Waals surface area (Å²) in [6, 6.07) is 8.45. The zero-order valence-electron chi connectivity index (χ0n) is 15.4. The predicted octanol–water partition coefficient (Wildman–Crippen LogP) is 5.37. The second kappa shape index (κ2) is 7.95. The molecule has 0 saturated carbocycles. The highest BCUT2D eigenvalue weighted by atomic mass is 15.1. The van der Waals surface area contributed by atoms with Crippen molar-refractivity contribution in [2.75, 3.05) is 17.2 Å². The molecule has 2 aromatic rings. The van der Waals surface area contributed by atoms with E-state index in [1.807, 2.05) is 19.1 Å². The van der Waals surface area contributed by atoms with Gasteiger partial charge in [0.05, 0.1) is 0 Å². The van der Waals surface area contributed by atoms with Gasteiger partial charge in [-0.25, -0.2) is 9.97 Å². The predicted molar refractivity (Wildman–Crippen MR) is 103 cm³/mol. The van der Waals surface area contributed by atoms with Crippen molar-refractivity contribution in [2.45, 2.75) is 46.5 Å². The highest BCUT2D eigenvalue weighted by Crippen LogP contribution is 2.34. The Morgan fingerprint density at radius 2 is 1.62 bits per heavy atom. The molecule has 4 nitrogen and oxygen atoms in total. The van der Waals surface area contributed by atoms with Crippen LogP contribution in [0, 0.1) is 6.92 Å². The third-order valence-corrected chi connectivity index (χ3v) is 3.89. The number of hydrogen-bond donors (Lipinski definition) is 2. The summed E-state index contributed by atoms with van der Waals surface area (Å²) in [4.78, 5) is 8.97. The molecule has 128 valence electrons. The number of rotatable bonds is 7. The van der Waals surface area contributed by atoms with E-state index in [1.165, 1.54) is 11.1 Å². The van der Waals surface area contributed by atoms with Crippen molar-refractivity contribution >= 4 is 17.3 Å². The van der Waals surface area contributed by atoms with Gasteiger partial charge < -0.3 is 10.6 Å². The van der Waals surface area contributed by atoms with E-state index in [9.17, 15) is 0 Å². The van der Waals surface area contributed by atoms with Crippen LogP contribution in [0.1, 0.15) is 56.5 Å². The maximum atomic E-state index is 4.55. The SMILES string of the molecule is C=CCNc1cc(Nc2c(C(C)C)cccc2C(C)C)nc(C)n1. The van der Waals surface area contributed by atoms with E-state index in [0.29, 0.717) is 18.4 Å². The van der Waals surface area contributed by atoms with Gasteiger partial charge in [0.15, 0.2) is 0 Å². The maximum absolute atomic E-state index is 4.55. The number of benzene rings is 1. The van der Waals surface area contributed by atoms with Gasteiger partial charge >= 0.3 is 0 Å². The minimum atomic E-state index is 0.437. The van der Waals surface area contributed by atoms with Crippen LogP contribution in [0.25, 0.3) is 0 Å². The molecule has 0 amide bonds. The highest BCUT2D eigenvalue weighted by molar-refractivity contribution is 5.68. The van der Waals surface area contributed by atoms with Crippen LogP contribution in [0.5, 0.6) is 0 Å². The summed E-state index contributed by atoms with van der Waals surface area (Å²) in [6.45, 7) is 15.2. The van der Waals surface area contributed by atoms with Crippen molar-refractivity contribution in [1.29, 1.82) is 0 Å². The Balaban J connectivity index is 2.43. The molecule has 0 aliphatic carbocycles. The lowest BCUT2D eigenvalue weighted by Gasteiger charge is -2.21. The highest BCUT2D eigenvalue weighted by Gasteiger charge is 2.14. The number of nitrogens with zero attached hydrogens (tertiary/aromatic N) is 2. The fourth-order valence-electron chi connectivity index (χ4n) is 2.72. The quantitative estimate of drug-likeness (QED) is 0.672. The van der Waals surface area contributed by atoms with E-state index >= 15 is 0 Å². The largest absolute Gasteiger partial charge is 0.366 e. The van der Waals surface area contributed by atoms with Crippen LogP contribution in [0.3, 0.4) is 0 Å². The number of para-hydroxylation sites is 1. The Morgan fingerprint density at radius 1 is 1.04 bits per heavy atom. The molecule has 2 N–H and O–H groups in total. The van der Waals surface area contributed by atoms with Crippen LogP contribution >= 0.6 is 0 Å². The molecule has 0 aliphatic rings. The van der Waals surface area contributed by atoms with Gasteiger partial charge in [-0.05, 0) is 29.9 Å². The number of aryl methyl sites for hydroxylation is 1. The van der Waals surface area contributed by atoms with Gasteiger partial charge in [0.25, 0.3) is 0 Å². The fourth-order valence-corrected chi connectivity index (χ4v) is 2.72. The molecule has 2 rings (SSSR count). The molecule has 1 heterocycles. The molecule has 0 saturated heterocycles. The Hall–Kier alpha value is -2.36. The minimum absolute atomic E-state index is 0.437. The van der Waals surface area contributed by atoms with Gasteiger partial charge in [0.1, 0.15) is 17.5 Å². The van der Waals surface area contributed by atoms with Crippen molar-refractivity contribution in [3.8, 4) is 0 Å². The van der Waals surface area contributed by atoms with E-state index in [0.717, 1.165) is 23.1 Å². The van der Waals surface area contributed by atoms with Gasteiger partial charge in [-0.2, -0.15) is 0 Å². The fraction of sp³-hybridized carbons (Fsp3) is 0.400. The Labute approximate surface area is 145 Å². The number of nitrogens with one attached hydrogen (secondary N) is 2. The molecule has 0 fully saturated rings. The molecule has 0 bridgehead atoms. The molecule has 0 radical (unpaired) electrons. The molecule has 0 unspecified atom stereocenters. The lowest BCUT2D eigenvalue weighted by molar-refractivity contribution is 0.837. The molecule has 4 heteroatoms. The van der Waals surface area contributed by atoms with Crippen LogP contribution in [0.4, 0.5) is 17.3 Å². The topological polar surface area (TPSA) is 49.8 Å². The second-order valence-electron chi connectivity index (χ2n) is 6.60. The van der Waals surface area contributed by atoms with Crippen LogP contribution in [-0.2, 0) is 0 Å². The average Bonchev–Trinajstić information content (AvgIpc) is 2.52. The van der Waals surface area contributed by atoms with Crippen LogP contribution < -0.4 is 10.6 Å². The third kappa shape index (κ3) is 4.34. The number of aromatic nitrogens is 2. The molecule has 0 spiro atoms. The average molecular weight is 324 g/mol. The first-order chi connectivity index (χ1) is 11.4. The zero-order chi connectivity index (χ0) is 17.7. The summed E-state index contributed by atoms with van der Waals surface area (Å²) < 4.78 is 0. The summed E-state index contributed by atoms with van der Waals surface area (Å²) in [6.07, 6.45) is 1.81. The second-order valence-corrected chi connectivity index (χ2v) is 6.60. The van der Waals surface area contributed by atoms with Crippen LogP contribution in [-0.4, -0.2) is 16.5 Å². The smallest absolute Gasteiger partial charge is 0.136 e. The third-order valence-electron chi connectivity index (χ3n) is 3.89. The Bertz CT molecular complexity index is 679. The monoisotopic (exact) mass is 324 g/mol. The first kappa shape index (κ1) is 18.0. The van der Waals surface area contributed by atoms with E-state index in [1.54, 1.807) is 0 Å². The molecule has 1 aromatic heterocycles. The first-order valence-electron chi connectivity index (χ1n) is 8.52. The zero-order valence-corrected chi connectivity index (χ0v) is 15.4. The van der Waals surface area contributed by atoms with Crippen LogP contribution in [0.15, 0.2) is 36.9 Å². The van der Waals surface area contributed by atoms with Gasteiger partial charge in [-0.15, -0.1) is 6.58 Å². The van der Waals surface area contributed by atoms with Gasteiger partial charge in [-0.1, -0.05) is 52.0 Å². The Morgan fingerprint density at radius 3 is 2.17 bits per heavy atom. The summed E-state index contributed by atoms with van der Waals surface area (Å²) >= 11 is 0. The van der Waals surface area contributed by atoms with Gasteiger partial charge in [0, 0.05) is 18.3 Å².